The number of H-pyrrole nitrogens is 1. The molecule has 1 aromatic carbocycles. The van der Waals surface area contributed by atoms with E-state index in [0.717, 1.165) is 11.1 Å². The number of fused-ring (bicyclic) bond motifs is 1. The van der Waals surface area contributed by atoms with Crippen LogP contribution in [0.3, 0.4) is 0 Å². The highest BCUT2D eigenvalue weighted by Crippen LogP contribution is 2.27. The standard InChI is InChI=1S/C23H17N7O2/c1-14-4-5-16(28-22(31)19-13-27-18-7-9-25-21(18)29-19)11-20(14)32-23-26-10-6-17(30-23)15-3-2-8-24-12-15/h2-13H,1H3,(H,25,29)(H,28,31). The monoisotopic (exact) mass is 423 g/mol. The van der Waals surface area contributed by atoms with Crippen molar-refractivity contribution in [1.82, 2.24) is 29.9 Å². The van der Waals surface area contributed by atoms with Gasteiger partial charge in [0.05, 0.1) is 11.9 Å². The summed E-state index contributed by atoms with van der Waals surface area (Å²) in [4.78, 5) is 36.9. The lowest BCUT2D eigenvalue weighted by Gasteiger charge is -2.11. The molecule has 9 heteroatoms. The van der Waals surface area contributed by atoms with Gasteiger partial charge < -0.3 is 15.0 Å². The molecule has 0 unspecified atom stereocenters. The number of ether oxygens (including phenoxy) is 1. The van der Waals surface area contributed by atoms with E-state index in [4.69, 9.17) is 4.74 Å². The highest BCUT2D eigenvalue weighted by Gasteiger charge is 2.12. The molecule has 0 fully saturated rings. The number of aromatic amines is 1. The molecule has 0 aliphatic rings. The van der Waals surface area contributed by atoms with Gasteiger partial charge in [-0.25, -0.2) is 9.97 Å². The summed E-state index contributed by atoms with van der Waals surface area (Å²) in [6, 6.07) is 12.9. The minimum absolute atomic E-state index is 0.195. The molecule has 156 valence electrons. The molecule has 4 heterocycles. The molecule has 0 atom stereocenters. The van der Waals surface area contributed by atoms with Crippen LogP contribution in [0, 0.1) is 6.92 Å². The topological polar surface area (TPSA) is 119 Å². The van der Waals surface area contributed by atoms with Crippen LogP contribution in [-0.2, 0) is 0 Å². The van der Waals surface area contributed by atoms with Gasteiger partial charge >= 0.3 is 6.01 Å². The second-order valence-electron chi connectivity index (χ2n) is 6.97. The van der Waals surface area contributed by atoms with Gasteiger partial charge in [-0.15, -0.1) is 0 Å². The molecule has 0 saturated heterocycles. The fourth-order valence-electron chi connectivity index (χ4n) is 3.08. The lowest BCUT2D eigenvalue weighted by atomic mass is 10.2. The van der Waals surface area contributed by atoms with Gasteiger partial charge in [0.15, 0.2) is 5.65 Å². The molecule has 1 amide bonds. The fourth-order valence-corrected chi connectivity index (χ4v) is 3.08. The number of rotatable bonds is 5. The molecular weight excluding hydrogens is 406 g/mol. The van der Waals surface area contributed by atoms with Crippen LogP contribution in [0.25, 0.3) is 22.4 Å². The predicted molar refractivity (Wildman–Crippen MR) is 118 cm³/mol. The number of amides is 1. The molecule has 0 aliphatic carbocycles. The molecule has 9 nitrogen and oxygen atoms in total. The van der Waals surface area contributed by atoms with E-state index in [2.05, 4.69) is 35.2 Å². The van der Waals surface area contributed by atoms with Gasteiger partial charge in [0, 0.05) is 42.1 Å². The Balaban J connectivity index is 1.36. The average Bonchev–Trinajstić information content (AvgIpc) is 3.30. The number of benzene rings is 1. The zero-order valence-electron chi connectivity index (χ0n) is 17.0. The quantitative estimate of drug-likeness (QED) is 0.436. The number of carbonyl (C=O) groups is 1. The highest BCUT2D eigenvalue weighted by molar-refractivity contribution is 6.03. The van der Waals surface area contributed by atoms with Crippen LogP contribution >= 0.6 is 0 Å². The van der Waals surface area contributed by atoms with Crippen LogP contribution in [0.4, 0.5) is 5.69 Å². The Morgan fingerprint density at radius 3 is 2.84 bits per heavy atom. The first-order valence-electron chi connectivity index (χ1n) is 9.79. The third kappa shape index (κ3) is 3.99. The molecule has 32 heavy (non-hydrogen) atoms. The second-order valence-corrected chi connectivity index (χ2v) is 6.97. The maximum absolute atomic E-state index is 12.6. The first kappa shape index (κ1) is 19.3. The van der Waals surface area contributed by atoms with Crippen molar-refractivity contribution in [2.24, 2.45) is 0 Å². The van der Waals surface area contributed by atoms with Crippen molar-refractivity contribution in [1.29, 1.82) is 0 Å². The Morgan fingerprint density at radius 2 is 1.97 bits per heavy atom. The number of pyridine rings is 1. The molecule has 0 spiro atoms. The van der Waals surface area contributed by atoms with E-state index in [9.17, 15) is 4.79 Å². The van der Waals surface area contributed by atoms with Gasteiger partial charge in [-0.3, -0.25) is 14.8 Å². The Morgan fingerprint density at radius 1 is 1.03 bits per heavy atom. The van der Waals surface area contributed by atoms with E-state index in [1.165, 1.54) is 6.20 Å². The summed E-state index contributed by atoms with van der Waals surface area (Å²) in [7, 11) is 0. The van der Waals surface area contributed by atoms with Crippen molar-refractivity contribution in [3.63, 3.8) is 0 Å². The molecule has 5 rings (SSSR count). The lowest BCUT2D eigenvalue weighted by molar-refractivity contribution is 0.102. The van der Waals surface area contributed by atoms with E-state index in [1.807, 2.05) is 25.1 Å². The van der Waals surface area contributed by atoms with Crippen LogP contribution in [-0.4, -0.2) is 35.8 Å². The largest absolute Gasteiger partial charge is 0.424 e. The minimum atomic E-state index is -0.376. The van der Waals surface area contributed by atoms with Crippen molar-refractivity contribution < 1.29 is 9.53 Å². The van der Waals surface area contributed by atoms with Crippen molar-refractivity contribution >= 4 is 22.8 Å². The number of nitrogens with zero attached hydrogens (tertiary/aromatic N) is 5. The summed E-state index contributed by atoms with van der Waals surface area (Å²) in [6.45, 7) is 1.90. The Hall–Kier alpha value is -4.66. The third-order valence-corrected chi connectivity index (χ3v) is 4.73. The smallest absolute Gasteiger partial charge is 0.322 e. The van der Waals surface area contributed by atoms with Gasteiger partial charge in [0.25, 0.3) is 5.91 Å². The first-order valence-corrected chi connectivity index (χ1v) is 9.79. The van der Waals surface area contributed by atoms with E-state index in [0.29, 0.717) is 28.3 Å². The van der Waals surface area contributed by atoms with Crippen LogP contribution in [0.2, 0.25) is 0 Å². The molecular formula is C23H17N7O2. The Kier molecular flexibility index (Phi) is 4.97. The predicted octanol–water partition coefficient (Wildman–Crippen LogP) is 4.16. The summed E-state index contributed by atoms with van der Waals surface area (Å²) in [6.07, 6.45) is 8.21. The van der Waals surface area contributed by atoms with Crippen LogP contribution < -0.4 is 10.1 Å². The van der Waals surface area contributed by atoms with E-state index < -0.39 is 0 Å². The number of aromatic nitrogens is 6. The van der Waals surface area contributed by atoms with Crippen LogP contribution in [0.15, 0.2) is 73.4 Å². The number of aryl methyl sites for hydroxylation is 1. The normalized spacial score (nSPS) is 10.8. The van der Waals surface area contributed by atoms with Gasteiger partial charge in [-0.2, -0.15) is 4.98 Å². The van der Waals surface area contributed by atoms with E-state index in [1.54, 1.807) is 49.1 Å². The van der Waals surface area contributed by atoms with Crippen LogP contribution in [0.5, 0.6) is 11.8 Å². The maximum Gasteiger partial charge on any atom is 0.322 e. The molecule has 2 N–H and O–H groups in total. The van der Waals surface area contributed by atoms with Gasteiger partial charge in [-0.1, -0.05) is 6.07 Å². The number of carbonyl (C=O) groups excluding carboxylic acids is 1. The van der Waals surface area contributed by atoms with Crippen molar-refractivity contribution in [2.75, 3.05) is 5.32 Å². The van der Waals surface area contributed by atoms with E-state index in [-0.39, 0.29) is 17.6 Å². The molecule has 0 bridgehead atoms. The zero-order valence-corrected chi connectivity index (χ0v) is 17.0. The number of hydrogen-bond acceptors (Lipinski definition) is 7. The summed E-state index contributed by atoms with van der Waals surface area (Å²) in [5.41, 5.74) is 4.42. The maximum atomic E-state index is 12.6. The number of hydrogen-bond donors (Lipinski definition) is 2. The van der Waals surface area contributed by atoms with Gasteiger partial charge in [0.1, 0.15) is 17.0 Å². The van der Waals surface area contributed by atoms with Gasteiger partial charge in [-0.05, 0) is 42.8 Å². The lowest BCUT2D eigenvalue weighted by Crippen LogP contribution is -2.14. The molecule has 0 saturated carbocycles. The van der Waals surface area contributed by atoms with E-state index >= 15 is 0 Å². The molecule has 4 aromatic heterocycles. The van der Waals surface area contributed by atoms with Crippen molar-refractivity contribution in [3.8, 4) is 23.0 Å². The summed E-state index contributed by atoms with van der Waals surface area (Å²) >= 11 is 0. The molecule has 5 aromatic rings. The summed E-state index contributed by atoms with van der Waals surface area (Å²) < 4.78 is 5.92. The molecule has 0 radical (unpaired) electrons. The van der Waals surface area contributed by atoms with Crippen LogP contribution in [0.1, 0.15) is 16.1 Å². The Labute approximate surface area is 182 Å². The number of nitrogens with one attached hydrogen (secondary N) is 2. The summed E-state index contributed by atoms with van der Waals surface area (Å²) in [5.74, 6) is 0.149. The van der Waals surface area contributed by atoms with Gasteiger partial charge in [0.2, 0.25) is 0 Å². The average molecular weight is 423 g/mol. The van der Waals surface area contributed by atoms with Crippen molar-refractivity contribution in [3.05, 3.63) is 84.7 Å². The highest BCUT2D eigenvalue weighted by atomic mass is 16.5. The summed E-state index contributed by atoms with van der Waals surface area (Å²) in [5, 5.41) is 2.82. The minimum Gasteiger partial charge on any atom is -0.424 e. The number of anilines is 1. The first-order chi connectivity index (χ1) is 15.7. The Bertz CT molecular complexity index is 1420. The molecule has 0 aliphatic heterocycles. The zero-order chi connectivity index (χ0) is 21.9. The fraction of sp³-hybridized carbons (Fsp3) is 0.0435. The second kappa shape index (κ2) is 8.23. The van der Waals surface area contributed by atoms with Crippen molar-refractivity contribution in [2.45, 2.75) is 6.92 Å². The SMILES string of the molecule is Cc1ccc(NC(=O)c2cnc3cc[nH]c3n2)cc1Oc1nccc(-c2cccnc2)n1. The third-order valence-electron chi connectivity index (χ3n) is 4.73.